The van der Waals surface area contributed by atoms with Gasteiger partial charge in [0.25, 0.3) is 0 Å². The van der Waals surface area contributed by atoms with E-state index in [9.17, 15) is 9.59 Å². The second kappa shape index (κ2) is 6.92. The van der Waals surface area contributed by atoms with E-state index in [4.69, 9.17) is 4.74 Å². The second-order valence-corrected chi connectivity index (χ2v) is 5.59. The van der Waals surface area contributed by atoms with Gasteiger partial charge in [0, 0.05) is 25.8 Å². The molecule has 114 valence electrons. The fourth-order valence-electron chi connectivity index (χ4n) is 3.06. The zero-order valence-corrected chi connectivity index (χ0v) is 12.3. The van der Waals surface area contributed by atoms with Crippen molar-refractivity contribution < 1.29 is 19.1 Å². The molecule has 2 aliphatic heterocycles. The van der Waals surface area contributed by atoms with Crippen molar-refractivity contribution in [2.45, 2.75) is 44.7 Å². The number of carbonyl (C=O) groups is 2. The van der Waals surface area contributed by atoms with Crippen molar-refractivity contribution >= 4 is 12.0 Å². The van der Waals surface area contributed by atoms with Crippen LogP contribution in [-0.4, -0.2) is 55.9 Å². The molecule has 2 heterocycles. The molecule has 6 heteroatoms. The molecule has 1 N–H and O–H groups in total. The quantitative estimate of drug-likeness (QED) is 0.844. The lowest BCUT2D eigenvalue weighted by molar-refractivity contribution is -0.136. The third kappa shape index (κ3) is 3.42. The molecule has 2 aliphatic rings. The second-order valence-electron chi connectivity index (χ2n) is 5.59. The Balaban J connectivity index is 2.07. The first-order valence-corrected chi connectivity index (χ1v) is 7.36. The average molecular weight is 284 g/mol. The van der Waals surface area contributed by atoms with Gasteiger partial charge in [-0.15, -0.1) is 0 Å². The summed E-state index contributed by atoms with van der Waals surface area (Å²) in [7, 11) is 1.32. The van der Waals surface area contributed by atoms with Crippen LogP contribution >= 0.6 is 0 Å². The summed E-state index contributed by atoms with van der Waals surface area (Å²) >= 11 is 0. The molecule has 6 nitrogen and oxygen atoms in total. The molecule has 0 aromatic rings. The van der Waals surface area contributed by atoms with Gasteiger partial charge >= 0.3 is 6.09 Å². The molecule has 0 aliphatic carbocycles. The van der Waals surface area contributed by atoms with Gasteiger partial charge in [0.05, 0.1) is 7.11 Å². The molecule has 0 aromatic carbocycles. The maximum atomic E-state index is 12.7. The fraction of sp³-hybridized carbons (Fsp3) is 0.857. The Bertz CT molecular complexity index is 355. The molecule has 2 amide bonds. The molecule has 2 fully saturated rings. The van der Waals surface area contributed by atoms with Gasteiger partial charge in [0.15, 0.2) is 0 Å². The van der Waals surface area contributed by atoms with Crippen LogP contribution in [0.1, 0.15) is 32.6 Å². The molecule has 0 bridgehead atoms. The normalized spacial score (nSPS) is 25.3. The molecule has 0 saturated carbocycles. The van der Waals surface area contributed by atoms with Crippen molar-refractivity contribution in [3.8, 4) is 0 Å². The van der Waals surface area contributed by atoms with Crippen LogP contribution in [0, 0.1) is 5.92 Å². The Morgan fingerprint density at radius 2 is 2.00 bits per heavy atom. The van der Waals surface area contributed by atoms with Crippen LogP contribution in [0.5, 0.6) is 0 Å². The molecule has 0 radical (unpaired) electrons. The number of nitrogens with one attached hydrogen (secondary N) is 1. The zero-order chi connectivity index (χ0) is 14.5. The minimum Gasteiger partial charge on any atom is -0.453 e. The Kier molecular flexibility index (Phi) is 5.23. The van der Waals surface area contributed by atoms with Crippen LogP contribution in [0.4, 0.5) is 4.79 Å². The highest BCUT2D eigenvalue weighted by molar-refractivity contribution is 5.86. The first-order chi connectivity index (χ1) is 9.63. The standard InChI is InChI=1S/C14H24N2O4/c1-10-4-3-7-16(10)13(17)12(15-14(18)19-2)11-5-8-20-9-6-11/h10-12H,3-9H2,1-2H3,(H,15,18)/t10-,12+/m1/s1. The number of ether oxygens (including phenoxy) is 2. The van der Waals surface area contributed by atoms with E-state index in [1.54, 1.807) is 0 Å². The first-order valence-electron chi connectivity index (χ1n) is 7.36. The van der Waals surface area contributed by atoms with Gasteiger partial charge in [-0.1, -0.05) is 0 Å². The van der Waals surface area contributed by atoms with Crippen LogP contribution in [0.15, 0.2) is 0 Å². The SMILES string of the molecule is COC(=O)N[C@H](C(=O)N1CCC[C@H]1C)C1CCOCC1. The summed E-state index contributed by atoms with van der Waals surface area (Å²) in [6.45, 7) is 4.13. The summed E-state index contributed by atoms with van der Waals surface area (Å²) in [4.78, 5) is 26.1. The highest BCUT2D eigenvalue weighted by atomic mass is 16.5. The number of carbonyl (C=O) groups excluding carboxylic acids is 2. The van der Waals surface area contributed by atoms with Gasteiger partial charge in [-0.3, -0.25) is 4.79 Å². The summed E-state index contributed by atoms with van der Waals surface area (Å²) in [5.74, 6) is 0.149. The van der Waals surface area contributed by atoms with E-state index in [2.05, 4.69) is 17.0 Å². The topological polar surface area (TPSA) is 67.9 Å². The molecule has 20 heavy (non-hydrogen) atoms. The van der Waals surface area contributed by atoms with Crippen LogP contribution in [-0.2, 0) is 14.3 Å². The predicted molar refractivity (Wildman–Crippen MR) is 73.3 cm³/mol. The highest BCUT2D eigenvalue weighted by Gasteiger charge is 2.37. The van der Waals surface area contributed by atoms with Crippen LogP contribution < -0.4 is 5.32 Å². The predicted octanol–water partition coefficient (Wildman–Crippen LogP) is 1.15. The Labute approximate surface area is 119 Å². The Hall–Kier alpha value is -1.30. The van der Waals surface area contributed by atoms with E-state index in [0.29, 0.717) is 13.2 Å². The van der Waals surface area contributed by atoms with Crippen molar-refractivity contribution in [2.24, 2.45) is 5.92 Å². The van der Waals surface area contributed by atoms with Crippen LogP contribution in [0.25, 0.3) is 0 Å². The van der Waals surface area contributed by atoms with Gasteiger partial charge in [0.2, 0.25) is 5.91 Å². The fourth-order valence-corrected chi connectivity index (χ4v) is 3.06. The van der Waals surface area contributed by atoms with Gasteiger partial charge in [-0.25, -0.2) is 4.79 Å². The minimum absolute atomic E-state index is 0.0206. The molecular formula is C14H24N2O4. The minimum atomic E-state index is -0.540. The molecule has 2 rings (SSSR count). The number of methoxy groups -OCH3 is 1. The lowest BCUT2D eigenvalue weighted by atomic mass is 9.90. The van der Waals surface area contributed by atoms with E-state index in [-0.39, 0.29) is 17.9 Å². The maximum Gasteiger partial charge on any atom is 0.407 e. The largest absolute Gasteiger partial charge is 0.453 e. The van der Waals surface area contributed by atoms with Crippen molar-refractivity contribution in [1.29, 1.82) is 0 Å². The first kappa shape index (κ1) is 15.1. The van der Waals surface area contributed by atoms with E-state index >= 15 is 0 Å². The lowest BCUT2D eigenvalue weighted by Gasteiger charge is -2.33. The van der Waals surface area contributed by atoms with Crippen molar-refractivity contribution in [3.05, 3.63) is 0 Å². The van der Waals surface area contributed by atoms with Crippen LogP contribution in [0.3, 0.4) is 0 Å². The number of likely N-dealkylation sites (tertiary alicyclic amines) is 1. The summed E-state index contributed by atoms with van der Waals surface area (Å²) in [6, 6.07) is -0.240. The van der Waals surface area contributed by atoms with E-state index in [1.165, 1.54) is 7.11 Å². The summed E-state index contributed by atoms with van der Waals surface area (Å²) in [5.41, 5.74) is 0. The Morgan fingerprint density at radius 3 is 2.55 bits per heavy atom. The Morgan fingerprint density at radius 1 is 1.30 bits per heavy atom. The molecule has 0 spiro atoms. The van der Waals surface area contributed by atoms with Crippen molar-refractivity contribution in [1.82, 2.24) is 10.2 Å². The van der Waals surface area contributed by atoms with E-state index in [1.807, 2.05) is 4.90 Å². The average Bonchev–Trinajstić information content (AvgIpc) is 2.91. The summed E-state index contributed by atoms with van der Waals surface area (Å²) < 4.78 is 10.00. The van der Waals surface area contributed by atoms with E-state index < -0.39 is 12.1 Å². The van der Waals surface area contributed by atoms with Gasteiger partial charge < -0.3 is 19.7 Å². The highest BCUT2D eigenvalue weighted by Crippen LogP contribution is 2.24. The number of hydrogen-bond donors (Lipinski definition) is 1. The van der Waals surface area contributed by atoms with Gasteiger partial charge in [-0.05, 0) is 38.5 Å². The van der Waals surface area contributed by atoms with E-state index in [0.717, 1.165) is 32.2 Å². The van der Waals surface area contributed by atoms with Crippen molar-refractivity contribution in [2.75, 3.05) is 26.9 Å². The number of nitrogens with zero attached hydrogens (tertiary/aromatic N) is 1. The smallest absolute Gasteiger partial charge is 0.407 e. The molecule has 2 saturated heterocycles. The van der Waals surface area contributed by atoms with Gasteiger partial charge in [0.1, 0.15) is 6.04 Å². The summed E-state index contributed by atoms with van der Waals surface area (Å²) in [5, 5.41) is 2.73. The molecule has 0 aromatic heterocycles. The van der Waals surface area contributed by atoms with Gasteiger partial charge in [-0.2, -0.15) is 0 Å². The zero-order valence-electron chi connectivity index (χ0n) is 12.3. The monoisotopic (exact) mass is 284 g/mol. The van der Waals surface area contributed by atoms with Crippen LogP contribution in [0.2, 0.25) is 0 Å². The molecule has 0 unspecified atom stereocenters. The number of alkyl carbamates (subject to hydrolysis) is 1. The number of rotatable bonds is 3. The van der Waals surface area contributed by atoms with Crippen molar-refractivity contribution in [3.63, 3.8) is 0 Å². The third-order valence-electron chi connectivity index (χ3n) is 4.30. The maximum absolute atomic E-state index is 12.7. The molecule has 2 atom stereocenters. The number of amides is 2. The lowest BCUT2D eigenvalue weighted by Crippen LogP contribution is -2.54. The molecular weight excluding hydrogens is 260 g/mol. The third-order valence-corrected chi connectivity index (χ3v) is 4.30. The number of hydrogen-bond acceptors (Lipinski definition) is 4. The summed E-state index contributed by atoms with van der Waals surface area (Å²) in [6.07, 6.45) is 3.11.